The highest BCUT2D eigenvalue weighted by Crippen LogP contribution is 2.52. The molecule has 1 aromatic carbocycles. The van der Waals surface area contributed by atoms with E-state index in [1.165, 1.54) is 12.0 Å². The summed E-state index contributed by atoms with van der Waals surface area (Å²) in [5.74, 6) is 0.429. The molecule has 3 rings (SSSR count). The number of carbonyl (C=O) groups excluding carboxylic acids is 1. The van der Waals surface area contributed by atoms with Gasteiger partial charge in [0, 0.05) is 25.2 Å². The van der Waals surface area contributed by atoms with Crippen molar-refractivity contribution in [1.82, 2.24) is 10.2 Å². The number of benzene rings is 1. The summed E-state index contributed by atoms with van der Waals surface area (Å²) in [7, 11) is 0. The molecular weight excluding hydrogens is 286 g/mol. The molecule has 1 saturated heterocycles. The highest BCUT2D eigenvalue weighted by atomic mass is 16.1. The Bertz CT molecular complexity index is 535. The Morgan fingerprint density at radius 2 is 1.91 bits per heavy atom. The van der Waals surface area contributed by atoms with Crippen LogP contribution in [0.15, 0.2) is 30.3 Å². The van der Waals surface area contributed by atoms with Crippen LogP contribution in [0, 0.1) is 5.41 Å². The van der Waals surface area contributed by atoms with E-state index in [-0.39, 0.29) is 5.91 Å². The van der Waals surface area contributed by atoms with Crippen LogP contribution in [0.4, 0.5) is 0 Å². The summed E-state index contributed by atoms with van der Waals surface area (Å²) < 4.78 is 0. The minimum Gasteiger partial charge on any atom is -0.369 e. The predicted molar refractivity (Wildman–Crippen MR) is 93.2 cm³/mol. The van der Waals surface area contributed by atoms with E-state index in [9.17, 15) is 4.79 Å². The summed E-state index contributed by atoms with van der Waals surface area (Å²) >= 11 is 0. The summed E-state index contributed by atoms with van der Waals surface area (Å²) in [6, 6.07) is 12.0. The zero-order chi connectivity index (χ0) is 16.4. The molecule has 4 heteroatoms. The van der Waals surface area contributed by atoms with Gasteiger partial charge in [0.2, 0.25) is 5.91 Å². The van der Waals surface area contributed by atoms with Gasteiger partial charge in [-0.05, 0) is 36.2 Å². The third-order valence-corrected chi connectivity index (χ3v) is 5.87. The minimum atomic E-state index is -0.220. The maximum atomic E-state index is 11.0. The normalized spacial score (nSPS) is 28.3. The van der Waals surface area contributed by atoms with E-state index in [0.29, 0.717) is 30.0 Å². The van der Waals surface area contributed by atoms with Crippen molar-refractivity contribution in [2.45, 2.75) is 51.1 Å². The van der Waals surface area contributed by atoms with E-state index < -0.39 is 0 Å². The Morgan fingerprint density at radius 1 is 1.26 bits per heavy atom. The molecule has 1 aliphatic carbocycles. The monoisotopic (exact) mass is 315 g/mol. The summed E-state index contributed by atoms with van der Waals surface area (Å²) in [4.78, 5) is 13.2. The van der Waals surface area contributed by atoms with Crippen LogP contribution in [0.3, 0.4) is 0 Å². The van der Waals surface area contributed by atoms with E-state index in [1.807, 2.05) is 0 Å². The van der Waals surface area contributed by atoms with Crippen molar-refractivity contribution in [2.75, 3.05) is 19.6 Å². The van der Waals surface area contributed by atoms with Gasteiger partial charge in [0.1, 0.15) is 0 Å². The molecule has 4 nitrogen and oxygen atoms in total. The SMILES string of the molecule is CC1(C)[C@@H](c2ccccc2)C[C@H]1NC1CCN(CC(N)=O)CC1. The molecule has 1 heterocycles. The van der Waals surface area contributed by atoms with E-state index in [4.69, 9.17) is 5.73 Å². The van der Waals surface area contributed by atoms with Gasteiger partial charge < -0.3 is 11.1 Å². The molecule has 1 saturated carbocycles. The van der Waals surface area contributed by atoms with Crippen LogP contribution >= 0.6 is 0 Å². The maximum Gasteiger partial charge on any atom is 0.231 e. The molecule has 126 valence electrons. The smallest absolute Gasteiger partial charge is 0.231 e. The van der Waals surface area contributed by atoms with E-state index in [1.54, 1.807) is 0 Å². The molecule has 0 spiro atoms. The van der Waals surface area contributed by atoms with Gasteiger partial charge in [-0.25, -0.2) is 0 Å². The van der Waals surface area contributed by atoms with Gasteiger partial charge in [0.25, 0.3) is 0 Å². The zero-order valence-electron chi connectivity index (χ0n) is 14.3. The molecule has 23 heavy (non-hydrogen) atoms. The van der Waals surface area contributed by atoms with Crippen LogP contribution in [0.25, 0.3) is 0 Å². The molecule has 0 radical (unpaired) electrons. The molecule has 3 N–H and O–H groups in total. The molecule has 2 atom stereocenters. The Hall–Kier alpha value is -1.39. The zero-order valence-corrected chi connectivity index (χ0v) is 14.3. The van der Waals surface area contributed by atoms with E-state index in [0.717, 1.165) is 25.9 Å². The summed E-state index contributed by atoms with van der Waals surface area (Å²) in [5, 5.41) is 3.88. The van der Waals surface area contributed by atoms with Gasteiger partial charge in [-0.2, -0.15) is 0 Å². The van der Waals surface area contributed by atoms with Gasteiger partial charge in [0.15, 0.2) is 0 Å². The largest absolute Gasteiger partial charge is 0.369 e. The number of nitrogens with one attached hydrogen (secondary N) is 1. The van der Waals surface area contributed by atoms with Gasteiger partial charge in [-0.3, -0.25) is 9.69 Å². The van der Waals surface area contributed by atoms with Crippen LogP contribution < -0.4 is 11.1 Å². The highest BCUT2D eigenvalue weighted by molar-refractivity contribution is 5.75. The molecular formula is C19H29N3O. The Labute approximate surface area is 139 Å². The molecule has 1 amide bonds. The van der Waals surface area contributed by atoms with Crippen molar-refractivity contribution in [3.8, 4) is 0 Å². The molecule has 0 unspecified atom stereocenters. The van der Waals surface area contributed by atoms with Crippen molar-refractivity contribution in [3.63, 3.8) is 0 Å². The number of nitrogens with zero attached hydrogens (tertiary/aromatic N) is 1. The Kier molecular flexibility index (Phi) is 4.74. The Balaban J connectivity index is 1.50. The second kappa shape index (κ2) is 6.62. The number of piperidine rings is 1. The lowest BCUT2D eigenvalue weighted by atomic mass is 9.56. The number of carbonyl (C=O) groups is 1. The molecule has 2 fully saturated rings. The number of rotatable bonds is 5. The van der Waals surface area contributed by atoms with Gasteiger partial charge in [-0.1, -0.05) is 44.2 Å². The second-order valence-corrected chi connectivity index (χ2v) is 7.76. The first-order valence-corrected chi connectivity index (χ1v) is 8.78. The van der Waals surface area contributed by atoms with Crippen LogP contribution in [0.1, 0.15) is 44.6 Å². The first-order valence-electron chi connectivity index (χ1n) is 8.78. The average Bonchev–Trinajstić information content (AvgIpc) is 2.53. The third kappa shape index (κ3) is 3.59. The standard InChI is InChI=1S/C19H29N3O/c1-19(2)16(14-6-4-3-5-7-14)12-17(19)21-15-8-10-22(11-9-15)13-18(20)23/h3-7,15-17,21H,8-13H2,1-2H3,(H2,20,23)/t16-,17-/m1/s1. The van der Waals surface area contributed by atoms with Gasteiger partial charge in [-0.15, -0.1) is 0 Å². The highest BCUT2D eigenvalue weighted by Gasteiger charge is 2.49. The van der Waals surface area contributed by atoms with Crippen LogP contribution in [-0.2, 0) is 4.79 Å². The van der Waals surface area contributed by atoms with E-state index in [2.05, 4.69) is 54.4 Å². The van der Waals surface area contributed by atoms with Gasteiger partial charge >= 0.3 is 0 Å². The number of nitrogens with two attached hydrogens (primary N) is 1. The fraction of sp³-hybridized carbons (Fsp3) is 0.632. The van der Waals surface area contributed by atoms with Crippen molar-refractivity contribution in [3.05, 3.63) is 35.9 Å². The van der Waals surface area contributed by atoms with Crippen molar-refractivity contribution >= 4 is 5.91 Å². The lowest BCUT2D eigenvalue weighted by Gasteiger charge is -2.54. The number of amides is 1. The topological polar surface area (TPSA) is 58.4 Å². The molecule has 2 aliphatic rings. The maximum absolute atomic E-state index is 11.0. The molecule has 0 bridgehead atoms. The van der Waals surface area contributed by atoms with E-state index >= 15 is 0 Å². The van der Waals surface area contributed by atoms with Gasteiger partial charge in [0.05, 0.1) is 6.54 Å². The fourth-order valence-electron chi connectivity index (χ4n) is 4.22. The number of primary amides is 1. The number of hydrogen-bond donors (Lipinski definition) is 2. The van der Waals surface area contributed by atoms with Crippen LogP contribution in [-0.4, -0.2) is 42.5 Å². The third-order valence-electron chi connectivity index (χ3n) is 5.87. The Morgan fingerprint density at radius 3 is 2.48 bits per heavy atom. The number of likely N-dealkylation sites (tertiary alicyclic amines) is 1. The quantitative estimate of drug-likeness (QED) is 0.875. The summed E-state index contributed by atoms with van der Waals surface area (Å²) in [6.07, 6.45) is 3.43. The van der Waals surface area contributed by atoms with Crippen molar-refractivity contribution in [1.29, 1.82) is 0 Å². The fourth-order valence-corrected chi connectivity index (χ4v) is 4.22. The average molecular weight is 315 g/mol. The lowest BCUT2D eigenvalue weighted by Crippen LogP contribution is -2.59. The number of hydrogen-bond acceptors (Lipinski definition) is 3. The first kappa shape index (κ1) is 16.5. The second-order valence-electron chi connectivity index (χ2n) is 7.76. The molecule has 1 aromatic rings. The van der Waals surface area contributed by atoms with Crippen LogP contribution in [0.2, 0.25) is 0 Å². The minimum absolute atomic E-state index is 0.220. The van der Waals surface area contributed by atoms with Crippen LogP contribution in [0.5, 0.6) is 0 Å². The molecule has 0 aromatic heterocycles. The van der Waals surface area contributed by atoms with Crippen molar-refractivity contribution in [2.24, 2.45) is 11.1 Å². The lowest BCUT2D eigenvalue weighted by molar-refractivity contribution is -0.119. The molecule has 1 aliphatic heterocycles. The summed E-state index contributed by atoms with van der Waals surface area (Å²) in [6.45, 7) is 7.10. The summed E-state index contributed by atoms with van der Waals surface area (Å²) in [5.41, 5.74) is 7.04. The predicted octanol–water partition coefficient (Wildman–Crippen LogP) is 2.11. The van der Waals surface area contributed by atoms with Crippen molar-refractivity contribution < 1.29 is 4.79 Å². The first-order chi connectivity index (χ1) is 11.0.